The molecule has 0 saturated carbocycles. The van der Waals surface area contributed by atoms with Crippen molar-refractivity contribution in [2.24, 2.45) is 5.92 Å². The highest BCUT2D eigenvalue weighted by molar-refractivity contribution is 7.13. The number of amides is 1. The second kappa shape index (κ2) is 6.44. The molecular weight excluding hydrogens is 300 g/mol. The third-order valence-corrected chi connectivity index (χ3v) is 4.81. The standard InChI is InChI=1S/C16H18N2O3S/c1-2-21-16(20)11-7-9-18(10-8-11)15(19)14-12-5-3-4-6-13(12)22-17-14/h3-6,11H,2,7-10H2,1H3. The summed E-state index contributed by atoms with van der Waals surface area (Å²) in [6.45, 7) is 3.37. The maximum atomic E-state index is 12.6. The molecule has 0 spiro atoms. The quantitative estimate of drug-likeness (QED) is 0.817. The fraction of sp³-hybridized carbons (Fsp3) is 0.438. The predicted octanol–water partition coefficient (Wildman–Crippen LogP) is 2.71. The molecule has 6 heteroatoms. The highest BCUT2D eigenvalue weighted by Crippen LogP contribution is 2.25. The predicted molar refractivity (Wildman–Crippen MR) is 84.9 cm³/mol. The number of aromatic nitrogens is 1. The van der Waals surface area contributed by atoms with Crippen LogP contribution in [0.15, 0.2) is 24.3 Å². The van der Waals surface area contributed by atoms with Crippen molar-refractivity contribution in [2.45, 2.75) is 19.8 Å². The van der Waals surface area contributed by atoms with Crippen molar-refractivity contribution in [3.05, 3.63) is 30.0 Å². The van der Waals surface area contributed by atoms with Gasteiger partial charge in [-0.25, -0.2) is 0 Å². The van der Waals surface area contributed by atoms with Crippen LogP contribution >= 0.6 is 11.5 Å². The van der Waals surface area contributed by atoms with Crippen LogP contribution in [0.3, 0.4) is 0 Å². The Hall–Kier alpha value is -1.95. The average Bonchev–Trinajstić information content (AvgIpc) is 2.98. The normalized spacial score (nSPS) is 16.0. The lowest BCUT2D eigenvalue weighted by Crippen LogP contribution is -2.40. The number of hydrogen-bond donors (Lipinski definition) is 0. The first-order valence-electron chi connectivity index (χ1n) is 7.51. The van der Waals surface area contributed by atoms with Crippen LogP contribution < -0.4 is 0 Å². The fourth-order valence-corrected chi connectivity index (χ4v) is 3.54. The summed E-state index contributed by atoms with van der Waals surface area (Å²) in [6.07, 6.45) is 1.32. The molecule has 22 heavy (non-hydrogen) atoms. The van der Waals surface area contributed by atoms with Gasteiger partial charge in [0.05, 0.1) is 17.2 Å². The number of esters is 1. The number of piperidine rings is 1. The molecule has 0 atom stereocenters. The van der Waals surface area contributed by atoms with E-state index in [0.717, 1.165) is 10.1 Å². The number of fused-ring (bicyclic) bond motifs is 1. The third-order valence-electron chi connectivity index (χ3n) is 3.98. The van der Waals surface area contributed by atoms with Gasteiger partial charge < -0.3 is 9.64 Å². The number of carbonyl (C=O) groups is 2. The molecule has 1 aliphatic rings. The summed E-state index contributed by atoms with van der Waals surface area (Å²) in [5.41, 5.74) is 0.523. The fourth-order valence-electron chi connectivity index (χ4n) is 2.77. The number of benzene rings is 1. The summed E-state index contributed by atoms with van der Waals surface area (Å²) in [4.78, 5) is 26.2. The number of ether oxygens (including phenoxy) is 1. The van der Waals surface area contributed by atoms with Crippen LogP contribution in [0.4, 0.5) is 0 Å². The monoisotopic (exact) mass is 318 g/mol. The molecule has 3 rings (SSSR count). The second-order valence-electron chi connectivity index (χ2n) is 5.35. The van der Waals surface area contributed by atoms with E-state index in [9.17, 15) is 9.59 Å². The molecule has 0 bridgehead atoms. The molecule has 1 aromatic carbocycles. The molecule has 2 heterocycles. The van der Waals surface area contributed by atoms with Crippen LogP contribution in [0.5, 0.6) is 0 Å². The first kappa shape index (κ1) is 15.0. The molecule has 1 aliphatic heterocycles. The highest BCUT2D eigenvalue weighted by Gasteiger charge is 2.30. The van der Waals surface area contributed by atoms with Crippen molar-refractivity contribution >= 4 is 33.5 Å². The maximum absolute atomic E-state index is 12.6. The molecule has 0 unspecified atom stereocenters. The van der Waals surface area contributed by atoms with Crippen LogP contribution in [0.25, 0.3) is 10.1 Å². The van der Waals surface area contributed by atoms with Crippen molar-refractivity contribution in [3.63, 3.8) is 0 Å². The van der Waals surface area contributed by atoms with E-state index in [2.05, 4.69) is 4.37 Å². The summed E-state index contributed by atoms with van der Waals surface area (Å²) < 4.78 is 10.4. The van der Waals surface area contributed by atoms with Crippen molar-refractivity contribution in [2.75, 3.05) is 19.7 Å². The minimum Gasteiger partial charge on any atom is -0.466 e. The van der Waals surface area contributed by atoms with Gasteiger partial charge in [-0.3, -0.25) is 9.59 Å². The molecular formula is C16H18N2O3S. The summed E-state index contributed by atoms with van der Waals surface area (Å²) in [6, 6.07) is 7.76. The van der Waals surface area contributed by atoms with Gasteiger partial charge in [0.25, 0.3) is 5.91 Å². The first-order chi connectivity index (χ1) is 10.7. The lowest BCUT2D eigenvalue weighted by Gasteiger charge is -2.30. The molecule has 0 aliphatic carbocycles. The minimum absolute atomic E-state index is 0.0419. The van der Waals surface area contributed by atoms with E-state index in [1.807, 2.05) is 31.2 Å². The van der Waals surface area contributed by atoms with E-state index in [1.54, 1.807) is 4.90 Å². The zero-order chi connectivity index (χ0) is 15.5. The van der Waals surface area contributed by atoms with Gasteiger partial charge in [0, 0.05) is 18.5 Å². The number of carbonyl (C=O) groups excluding carboxylic acids is 2. The molecule has 1 saturated heterocycles. The van der Waals surface area contributed by atoms with E-state index < -0.39 is 0 Å². The van der Waals surface area contributed by atoms with Gasteiger partial charge in [0.1, 0.15) is 5.69 Å². The Bertz CT molecular complexity index is 690. The summed E-state index contributed by atoms with van der Waals surface area (Å²) in [5.74, 6) is -0.273. The van der Waals surface area contributed by atoms with Crippen LogP contribution in [-0.2, 0) is 9.53 Å². The van der Waals surface area contributed by atoms with Gasteiger partial charge in [0.2, 0.25) is 0 Å². The largest absolute Gasteiger partial charge is 0.466 e. The van der Waals surface area contributed by atoms with Gasteiger partial charge in [0.15, 0.2) is 0 Å². The van der Waals surface area contributed by atoms with E-state index in [0.29, 0.717) is 38.2 Å². The van der Waals surface area contributed by atoms with Gasteiger partial charge >= 0.3 is 5.97 Å². The van der Waals surface area contributed by atoms with Crippen LogP contribution in [-0.4, -0.2) is 40.8 Å². The molecule has 0 radical (unpaired) electrons. The van der Waals surface area contributed by atoms with E-state index >= 15 is 0 Å². The SMILES string of the molecule is CCOC(=O)C1CCN(C(=O)c2nsc3ccccc23)CC1. The first-order valence-corrected chi connectivity index (χ1v) is 8.28. The highest BCUT2D eigenvalue weighted by atomic mass is 32.1. The van der Waals surface area contributed by atoms with Crippen molar-refractivity contribution < 1.29 is 14.3 Å². The van der Waals surface area contributed by atoms with Gasteiger partial charge in [-0.2, -0.15) is 4.37 Å². The van der Waals surface area contributed by atoms with Gasteiger partial charge in [-0.1, -0.05) is 18.2 Å². The number of likely N-dealkylation sites (tertiary alicyclic amines) is 1. The maximum Gasteiger partial charge on any atom is 0.309 e. The zero-order valence-electron chi connectivity index (χ0n) is 12.4. The number of rotatable bonds is 3. The third kappa shape index (κ3) is 2.83. The second-order valence-corrected chi connectivity index (χ2v) is 6.15. The Morgan fingerprint density at radius 3 is 2.77 bits per heavy atom. The summed E-state index contributed by atoms with van der Waals surface area (Å²) in [7, 11) is 0. The van der Waals surface area contributed by atoms with Crippen molar-refractivity contribution in [3.8, 4) is 0 Å². The molecule has 2 aromatic rings. The average molecular weight is 318 g/mol. The summed E-state index contributed by atoms with van der Waals surface area (Å²) >= 11 is 1.35. The van der Waals surface area contributed by atoms with Gasteiger partial charge in [-0.05, 0) is 37.4 Å². The Labute approximate surface area is 133 Å². The molecule has 0 N–H and O–H groups in total. The number of hydrogen-bond acceptors (Lipinski definition) is 5. The van der Waals surface area contributed by atoms with Crippen LogP contribution in [0.1, 0.15) is 30.3 Å². The van der Waals surface area contributed by atoms with Crippen molar-refractivity contribution in [1.29, 1.82) is 0 Å². The lowest BCUT2D eigenvalue weighted by molar-refractivity contribution is -0.149. The molecule has 116 valence electrons. The van der Waals surface area contributed by atoms with Crippen LogP contribution in [0.2, 0.25) is 0 Å². The molecule has 1 amide bonds. The Morgan fingerprint density at radius 2 is 2.05 bits per heavy atom. The molecule has 1 aromatic heterocycles. The Balaban J connectivity index is 1.69. The smallest absolute Gasteiger partial charge is 0.309 e. The minimum atomic E-state index is -0.145. The Morgan fingerprint density at radius 1 is 1.32 bits per heavy atom. The summed E-state index contributed by atoms with van der Waals surface area (Å²) in [5, 5.41) is 0.907. The van der Waals surface area contributed by atoms with E-state index in [4.69, 9.17) is 4.74 Å². The lowest BCUT2D eigenvalue weighted by atomic mass is 9.96. The van der Waals surface area contributed by atoms with E-state index in [-0.39, 0.29) is 17.8 Å². The number of nitrogens with zero attached hydrogens (tertiary/aromatic N) is 2. The van der Waals surface area contributed by atoms with Crippen LogP contribution in [0, 0.1) is 5.92 Å². The van der Waals surface area contributed by atoms with E-state index in [1.165, 1.54) is 11.5 Å². The van der Waals surface area contributed by atoms with Gasteiger partial charge in [-0.15, -0.1) is 0 Å². The topological polar surface area (TPSA) is 59.5 Å². The zero-order valence-corrected chi connectivity index (χ0v) is 13.3. The molecule has 5 nitrogen and oxygen atoms in total. The van der Waals surface area contributed by atoms with Crippen molar-refractivity contribution in [1.82, 2.24) is 9.27 Å². The Kier molecular flexibility index (Phi) is 4.38. The molecule has 1 fully saturated rings.